The van der Waals surface area contributed by atoms with E-state index < -0.39 is 5.82 Å². The maximum Gasteiger partial charge on any atom is 0.184 e. The molecule has 3 nitrogen and oxygen atoms in total. The number of fused-ring (bicyclic) bond motifs is 2. The summed E-state index contributed by atoms with van der Waals surface area (Å²) in [7, 11) is 0. The van der Waals surface area contributed by atoms with Gasteiger partial charge in [0.25, 0.3) is 0 Å². The maximum atomic E-state index is 14.6. The smallest absolute Gasteiger partial charge is 0.184 e. The summed E-state index contributed by atoms with van der Waals surface area (Å²) in [4.78, 5) is 4.15. The van der Waals surface area contributed by atoms with E-state index in [1.807, 2.05) is 0 Å². The average molecular weight is 377 g/mol. The lowest BCUT2D eigenvalue weighted by atomic mass is 9.99. The summed E-state index contributed by atoms with van der Waals surface area (Å²) in [6.07, 6.45) is 3.88. The Morgan fingerprint density at radius 3 is 2.73 bits per heavy atom. The van der Waals surface area contributed by atoms with Crippen LogP contribution in [0.3, 0.4) is 0 Å². The van der Waals surface area contributed by atoms with Crippen LogP contribution in [0.25, 0.3) is 15.9 Å². The second-order valence-corrected chi connectivity index (χ2v) is 7.51. The second-order valence-electron chi connectivity index (χ2n) is 5.17. The molecule has 0 spiro atoms. The highest BCUT2D eigenvalue weighted by molar-refractivity contribution is 7.22. The highest BCUT2D eigenvalue weighted by atomic mass is 35.5. The Bertz CT molecular complexity index is 903. The van der Waals surface area contributed by atoms with Gasteiger partial charge in [-0.3, -0.25) is 0 Å². The topological polar surface area (TPSA) is 30.7 Å². The van der Waals surface area contributed by atoms with Crippen molar-refractivity contribution in [1.82, 2.24) is 14.8 Å². The zero-order chi connectivity index (χ0) is 15.4. The van der Waals surface area contributed by atoms with Gasteiger partial charge in [-0.1, -0.05) is 46.1 Å². The fourth-order valence-electron chi connectivity index (χ4n) is 2.83. The number of aryl methyl sites for hydroxylation is 1. The summed E-state index contributed by atoms with van der Waals surface area (Å²) in [5, 5.41) is 5.20. The summed E-state index contributed by atoms with van der Waals surface area (Å²) in [6.45, 7) is 0. The molecule has 0 bridgehead atoms. The molecule has 0 aliphatic heterocycles. The van der Waals surface area contributed by atoms with Crippen LogP contribution in [0, 0.1) is 5.82 Å². The van der Waals surface area contributed by atoms with Crippen molar-refractivity contribution >= 4 is 56.4 Å². The van der Waals surface area contributed by atoms with E-state index in [4.69, 9.17) is 34.8 Å². The number of nitrogens with zero attached hydrogens (tertiary/aromatic N) is 3. The van der Waals surface area contributed by atoms with Crippen LogP contribution in [0.2, 0.25) is 14.6 Å². The molecule has 1 aromatic carbocycles. The van der Waals surface area contributed by atoms with E-state index in [1.165, 1.54) is 22.1 Å². The first kappa shape index (κ1) is 14.7. The molecule has 0 amide bonds. The van der Waals surface area contributed by atoms with Crippen LogP contribution in [0.4, 0.5) is 4.39 Å². The zero-order valence-electron chi connectivity index (χ0n) is 11.2. The molecule has 1 aliphatic rings. The Hall–Kier alpha value is -0.880. The highest BCUT2D eigenvalue weighted by Gasteiger charge is 2.25. The first-order chi connectivity index (χ1) is 10.6. The van der Waals surface area contributed by atoms with Gasteiger partial charge in [0.2, 0.25) is 0 Å². The van der Waals surface area contributed by atoms with Crippen LogP contribution in [-0.2, 0) is 12.8 Å². The van der Waals surface area contributed by atoms with Gasteiger partial charge in [-0.15, -0.1) is 0 Å². The molecule has 0 N–H and O–H groups in total. The fraction of sp³-hybridized carbons (Fsp3) is 0.286. The van der Waals surface area contributed by atoms with Gasteiger partial charge in [-0.2, -0.15) is 5.10 Å². The van der Waals surface area contributed by atoms with E-state index in [2.05, 4.69) is 10.1 Å². The summed E-state index contributed by atoms with van der Waals surface area (Å²) < 4.78 is 16.9. The lowest BCUT2D eigenvalue weighted by Gasteiger charge is -2.08. The quantitative estimate of drug-likeness (QED) is 0.564. The summed E-state index contributed by atoms with van der Waals surface area (Å²) >= 11 is 19.6. The molecule has 3 aromatic rings. The molecule has 22 heavy (non-hydrogen) atoms. The Kier molecular flexibility index (Phi) is 3.57. The van der Waals surface area contributed by atoms with Crippen molar-refractivity contribution in [2.24, 2.45) is 0 Å². The zero-order valence-corrected chi connectivity index (χ0v) is 14.3. The number of halogens is 4. The lowest BCUT2D eigenvalue weighted by molar-refractivity contribution is 0.612. The molecule has 4 rings (SSSR count). The van der Waals surface area contributed by atoms with E-state index in [1.54, 1.807) is 0 Å². The van der Waals surface area contributed by atoms with Crippen LogP contribution in [0.5, 0.6) is 0 Å². The summed E-state index contributed by atoms with van der Waals surface area (Å²) in [5.74, 6) is -0.487. The highest BCUT2D eigenvalue weighted by Crippen LogP contribution is 2.39. The van der Waals surface area contributed by atoms with Crippen molar-refractivity contribution in [3.05, 3.63) is 37.8 Å². The lowest BCUT2D eigenvalue weighted by Crippen LogP contribution is -2.02. The van der Waals surface area contributed by atoms with Crippen molar-refractivity contribution < 1.29 is 4.39 Å². The first-order valence-corrected chi connectivity index (χ1v) is 8.72. The third kappa shape index (κ3) is 2.14. The summed E-state index contributed by atoms with van der Waals surface area (Å²) in [5.41, 5.74) is 2.68. The molecule has 0 unspecified atom stereocenters. The molecular formula is C14H9Cl3FN3S. The normalized spacial score (nSPS) is 14.5. The fourth-order valence-corrected chi connectivity index (χ4v) is 4.60. The van der Waals surface area contributed by atoms with Crippen molar-refractivity contribution in [3.8, 4) is 5.69 Å². The van der Waals surface area contributed by atoms with Crippen molar-refractivity contribution in [2.75, 3.05) is 0 Å². The van der Waals surface area contributed by atoms with Gasteiger partial charge in [-0.05, 0) is 31.7 Å². The predicted molar refractivity (Wildman–Crippen MR) is 88.4 cm³/mol. The van der Waals surface area contributed by atoms with Gasteiger partial charge >= 0.3 is 0 Å². The number of rotatable bonds is 1. The molecule has 114 valence electrons. The van der Waals surface area contributed by atoms with Crippen molar-refractivity contribution in [2.45, 2.75) is 25.7 Å². The molecule has 8 heteroatoms. The molecule has 2 aromatic heterocycles. The van der Waals surface area contributed by atoms with Gasteiger partial charge in [0, 0.05) is 5.56 Å². The van der Waals surface area contributed by atoms with E-state index in [9.17, 15) is 4.39 Å². The second kappa shape index (κ2) is 5.34. The Morgan fingerprint density at radius 1 is 1.18 bits per heavy atom. The SMILES string of the molecule is Fc1cc(Cl)c2nc(Cl)sc2c1-n1nc2c(c1Cl)CCCC2. The van der Waals surface area contributed by atoms with Gasteiger partial charge in [-0.25, -0.2) is 14.1 Å². The minimum atomic E-state index is -0.487. The monoisotopic (exact) mass is 375 g/mol. The van der Waals surface area contributed by atoms with E-state index in [-0.39, 0.29) is 10.7 Å². The third-order valence-corrected chi connectivity index (χ3v) is 5.67. The largest absolute Gasteiger partial charge is 0.223 e. The molecule has 0 radical (unpaired) electrons. The number of benzene rings is 1. The minimum absolute atomic E-state index is 0.229. The van der Waals surface area contributed by atoms with E-state index in [0.717, 1.165) is 36.9 Å². The molecule has 0 saturated carbocycles. The molecule has 0 saturated heterocycles. The van der Waals surface area contributed by atoms with Crippen molar-refractivity contribution in [1.29, 1.82) is 0 Å². The first-order valence-electron chi connectivity index (χ1n) is 6.77. The van der Waals surface area contributed by atoms with Gasteiger partial charge in [0.05, 0.1) is 15.4 Å². The summed E-state index contributed by atoms with van der Waals surface area (Å²) in [6, 6.07) is 1.23. The van der Waals surface area contributed by atoms with E-state index in [0.29, 0.717) is 19.8 Å². The molecule has 1 aliphatic carbocycles. The minimum Gasteiger partial charge on any atom is -0.223 e. The van der Waals surface area contributed by atoms with Crippen LogP contribution in [0.15, 0.2) is 6.07 Å². The standard InChI is InChI=1S/C14H9Cl3FN3S/c15-7-5-8(18)11(12-10(7)19-14(17)22-12)21-13(16)6-3-1-2-4-9(6)20-21/h5H,1-4H2. The number of hydrogen-bond donors (Lipinski definition) is 0. The maximum absolute atomic E-state index is 14.6. The van der Waals surface area contributed by atoms with Crippen LogP contribution in [0.1, 0.15) is 24.1 Å². The van der Waals surface area contributed by atoms with Gasteiger partial charge in [0.1, 0.15) is 16.4 Å². The number of hydrogen-bond acceptors (Lipinski definition) is 3. The predicted octanol–water partition coefficient (Wildman–Crippen LogP) is 5.46. The Morgan fingerprint density at radius 2 is 1.95 bits per heavy atom. The molecule has 2 heterocycles. The third-order valence-electron chi connectivity index (χ3n) is 3.83. The molecule has 0 atom stereocenters. The van der Waals surface area contributed by atoms with E-state index >= 15 is 0 Å². The molecule has 0 fully saturated rings. The van der Waals surface area contributed by atoms with Crippen LogP contribution < -0.4 is 0 Å². The van der Waals surface area contributed by atoms with Crippen LogP contribution >= 0.6 is 46.1 Å². The average Bonchev–Trinajstić information content (AvgIpc) is 3.01. The van der Waals surface area contributed by atoms with Gasteiger partial charge < -0.3 is 0 Å². The Balaban J connectivity index is 2.04. The van der Waals surface area contributed by atoms with Gasteiger partial charge in [0.15, 0.2) is 10.3 Å². The Labute approximate surface area is 144 Å². The molecular weight excluding hydrogens is 368 g/mol. The number of thiazole rings is 1. The van der Waals surface area contributed by atoms with Crippen molar-refractivity contribution in [3.63, 3.8) is 0 Å². The van der Waals surface area contributed by atoms with Crippen LogP contribution in [-0.4, -0.2) is 14.8 Å². The number of aromatic nitrogens is 3.